The molecule has 0 saturated heterocycles. The van der Waals surface area contributed by atoms with Gasteiger partial charge in [-0.15, -0.1) is 0 Å². The fourth-order valence-electron chi connectivity index (χ4n) is 5.92. The molecule has 2 atom stereocenters. The number of para-hydroxylation sites is 1. The summed E-state index contributed by atoms with van der Waals surface area (Å²) in [5.41, 5.74) is 6.42. The molecular formula is C31H29N3O4. The molecule has 1 aromatic heterocycles. The molecule has 7 heteroatoms. The van der Waals surface area contributed by atoms with Gasteiger partial charge in [0.2, 0.25) is 0 Å². The quantitative estimate of drug-likeness (QED) is 0.454. The zero-order valence-corrected chi connectivity index (χ0v) is 21.4. The molecule has 38 heavy (non-hydrogen) atoms. The third kappa shape index (κ3) is 4.14. The van der Waals surface area contributed by atoms with E-state index in [0.717, 1.165) is 39.0 Å². The maximum absolute atomic E-state index is 14.0. The average molecular weight is 508 g/mol. The van der Waals surface area contributed by atoms with Crippen LogP contribution in [0.15, 0.2) is 93.9 Å². The summed E-state index contributed by atoms with van der Waals surface area (Å²) in [6.45, 7) is 2.64. The van der Waals surface area contributed by atoms with Gasteiger partial charge >= 0.3 is 5.97 Å². The lowest BCUT2D eigenvalue weighted by molar-refractivity contribution is -0.138. The second-order valence-corrected chi connectivity index (χ2v) is 9.89. The second-order valence-electron chi connectivity index (χ2n) is 9.89. The number of ether oxygens (including phenoxy) is 2. The van der Waals surface area contributed by atoms with Crippen molar-refractivity contribution in [2.24, 2.45) is 4.99 Å². The van der Waals surface area contributed by atoms with Gasteiger partial charge in [0, 0.05) is 64.1 Å². The van der Waals surface area contributed by atoms with Crippen LogP contribution in [-0.2, 0) is 14.3 Å². The Bertz CT molecular complexity index is 1570. The first-order valence-electron chi connectivity index (χ1n) is 12.8. The van der Waals surface area contributed by atoms with Crippen molar-refractivity contribution in [1.82, 2.24) is 10.3 Å². The number of nitrogens with one attached hydrogen (secondary N) is 2. The Kier molecular flexibility index (Phi) is 6.19. The molecule has 1 aliphatic carbocycles. The molecular weight excluding hydrogens is 478 g/mol. The molecule has 0 saturated carbocycles. The Hall–Kier alpha value is -4.39. The van der Waals surface area contributed by atoms with Crippen molar-refractivity contribution in [2.45, 2.75) is 31.6 Å². The van der Waals surface area contributed by atoms with E-state index >= 15 is 0 Å². The largest absolute Gasteiger partial charge is 0.496 e. The summed E-state index contributed by atoms with van der Waals surface area (Å²) in [7, 11) is 1.65. The van der Waals surface area contributed by atoms with Gasteiger partial charge in [0.05, 0.1) is 19.2 Å². The molecule has 0 radical (unpaired) electrons. The second kappa shape index (κ2) is 9.82. The van der Waals surface area contributed by atoms with Crippen LogP contribution in [0.2, 0.25) is 0 Å². The zero-order valence-electron chi connectivity index (χ0n) is 21.4. The molecule has 3 aromatic rings. The molecule has 2 aromatic carbocycles. The van der Waals surface area contributed by atoms with E-state index in [0.29, 0.717) is 36.2 Å². The number of dihydropyridines is 1. The number of esters is 1. The van der Waals surface area contributed by atoms with Gasteiger partial charge in [-0.2, -0.15) is 0 Å². The zero-order chi connectivity index (χ0) is 26.2. The number of benzene rings is 2. The highest BCUT2D eigenvalue weighted by molar-refractivity contribution is 6.05. The van der Waals surface area contributed by atoms with Gasteiger partial charge in [-0.3, -0.25) is 9.79 Å². The highest BCUT2D eigenvalue weighted by Gasteiger charge is 2.42. The Morgan fingerprint density at radius 1 is 1.08 bits per heavy atom. The van der Waals surface area contributed by atoms with Crippen LogP contribution >= 0.6 is 0 Å². The number of hydrogen-bond donors (Lipinski definition) is 2. The van der Waals surface area contributed by atoms with E-state index in [1.54, 1.807) is 13.3 Å². The Balaban J connectivity index is 1.43. The predicted molar refractivity (Wildman–Crippen MR) is 146 cm³/mol. The Labute approximate surface area is 220 Å². The number of rotatable bonds is 6. The number of hydrogen-bond acceptors (Lipinski definition) is 6. The van der Waals surface area contributed by atoms with Crippen molar-refractivity contribution in [1.29, 1.82) is 0 Å². The van der Waals surface area contributed by atoms with Gasteiger partial charge in [0.1, 0.15) is 12.4 Å². The third-order valence-corrected chi connectivity index (χ3v) is 7.65. The van der Waals surface area contributed by atoms with Crippen LogP contribution in [0.25, 0.3) is 10.9 Å². The summed E-state index contributed by atoms with van der Waals surface area (Å²) < 4.78 is 11.4. The smallest absolute Gasteiger partial charge is 0.337 e. The van der Waals surface area contributed by atoms with Gasteiger partial charge < -0.3 is 19.8 Å². The standard InChI is InChI=1S/C31H29N3O4/c1-18-28(31(36)38-17-19-10-12-32-16-19)29(23-7-5-8-24-22(23)11-13-33-24)30-25(34-18)14-20(15-26(30)35)21-6-3-4-9-27(21)37-2/h3-11,13,16,20,29,33-34H,12,14-15,17H2,1-2H3/t20-,29-/m1/s1. The monoisotopic (exact) mass is 507 g/mol. The fourth-order valence-corrected chi connectivity index (χ4v) is 5.92. The molecule has 0 bridgehead atoms. The lowest BCUT2D eigenvalue weighted by atomic mass is 9.71. The van der Waals surface area contributed by atoms with Crippen molar-refractivity contribution in [3.8, 4) is 5.75 Å². The number of allylic oxidation sites excluding steroid dienone is 3. The van der Waals surface area contributed by atoms with Crippen LogP contribution in [0.4, 0.5) is 0 Å². The molecule has 0 amide bonds. The maximum atomic E-state index is 14.0. The molecule has 6 rings (SSSR count). The van der Waals surface area contributed by atoms with E-state index in [4.69, 9.17) is 9.47 Å². The first-order chi connectivity index (χ1) is 18.5. The van der Waals surface area contributed by atoms with Crippen molar-refractivity contribution >= 4 is 28.9 Å². The number of ketones is 1. The first kappa shape index (κ1) is 24.0. The molecule has 0 unspecified atom stereocenters. The highest BCUT2D eigenvalue weighted by Crippen LogP contribution is 2.48. The summed E-state index contributed by atoms with van der Waals surface area (Å²) in [6.07, 6.45) is 6.53. The minimum Gasteiger partial charge on any atom is -0.496 e. The molecule has 2 N–H and O–H groups in total. The number of aromatic amines is 1. The third-order valence-electron chi connectivity index (χ3n) is 7.65. The molecule has 2 aliphatic heterocycles. The first-order valence-corrected chi connectivity index (χ1v) is 12.8. The van der Waals surface area contributed by atoms with Gasteiger partial charge in [-0.05, 0) is 42.7 Å². The van der Waals surface area contributed by atoms with Crippen molar-refractivity contribution in [2.75, 3.05) is 20.3 Å². The van der Waals surface area contributed by atoms with Crippen LogP contribution < -0.4 is 10.1 Å². The Morgan fingerprint density at radius 2 is 1.92 bits per heavy atom. The van der Waals surface area contributed by atoms with Gasteiger partial charge in [-0.1, -0.05) is 36.4 Å². The highest BCUT2D eigenvalue weighted by atomic mass is 16.5. The fraction of sp³-hybridized carbons (Fsp3) is 0.258. The molecule has 0 spiro atoms. The SMILES string of the molecule is COc1ccccc1[C@H]1CC(=O)C2=C(C1)NC(C)=C(C(=O)OCC1=CCN=C1)[C@H]2c1cccc2[nH]ccc12. The minimum absolute atomic E-state index is 0.0237. The molecule has 192 valence electrons. The van der Waals surface area contributed by atoms with Crippen LogP contribution in [0.5, 0.6) is 5.75 Å². The summed E-state index contributed by atoms with van der Waals surface area (Å²) in [5, 5.41) is 4.42. The number of H-pyrrole nitrogens is 1. The van der Waals surface area contributed by atoms with Gasteiger partial charge in [0.25, 0.3) is 0 Å². The normalized spacial score (nSPS) is 20.9. The summed E-state index contributed by atoms with van der Waals surface area (Å²) >= 11 is 0. The number of carbonyl (C=O) groups excluding carboxylic acids is 2. The van der Waals surface area contributed by atoms with E-state index in [2.05, 4.69) is 15.3 Å². The van der Waals surface area contributed by atoms with Gasteiger partial charge in [0.15, 0.2) is 5.78 Å². The van der Waals surface area contributed by atoms with Crippen molar-refractivity contribution in [3.63, 3.8) is 0 Å². The van der Waals surface area contributed by atoms with Crippen LogP contribution in [-0.4, -0.2) is 43.2 Å². The van der Waals surface area contributed by atoms with Crippen LogP contribution in [0, 0.1) is 0 Å². The van der Waals surface area contributed by atoms with E-state index in [1.165, 1.54) is 0 Å². The van der Waals surface area contributed by atoms with Crippen molar-refractivity contribution in [3.05, 3.63) is 100 Å². The Morgan fingerprint density at radius 3 is 2.74 bits per heavy atom. The molecule has 3 aliphatic rings. The number of fused-ring (bicyclic) bond motifs is 1. The molecule has 0 fully saturated rings. The average Bonchev–Trinajstić information content (AvgIpc) is 3.63. The topological polar surface area (TPSA) is 92.8 Å². The maximum Gasteiger partial charge on any atom is 0.337 e. The lowest BCUT2D eigenvalue weighted by Gasteiger charge is -2.37. The minimum atomic E-state index is -0.532. The van der Waals surface area contributed by atoms with Gasteiger partial charge in [-0.25, -0.2) is 4.79 Å². The number of aromatic nitrogens is 1. The van der Waals surface area contributed by atoms with Crippen LogP contribution in [0.3, 0.4) is 0 Å². The number of nitrogens with zero attached hydrogens (tertiary/aromatic N) is 1. The number of carbonyl (C=O) groups is 2. The summed E-state index contributed by atoms with van der Waals surface area (Å²) in [5.74, 6) is -0.185. The van der Waals surface area contributed by atoms with E-state index in [-0.39, 0.29) is 18.3 Å². The van der Waals surface area contributed by atoms with Crippen molar-refractivity contribution < 1.29 is 19.1 Å². The molecule has 7 nitrogen and oxygen atoms in total. The number of methoxy groups -OCH3 is 1. The van der Waals surface area contributed by atoms with E-state index < -0.39 is 11.9 Å². The van der Waals surface area contributed by atoms with E-state index in [1.807, 2.05) is 67.7 Å². The van der Waals surface area contributed by atoms with Crippen LogP contribution in [0.1, 0.15) is 42.7 Å². The number of aliphatic imine (C=N–C) groups is 1. The predicted octanol–water partition coefficient (Wildman–Crippen LogP) is 5.09. The van der Waals surface area contributed by atoms with E-state index in [9.17, 15) is 9.59 Å². The lowest BCUT2D eigenvalue weighted by Crippen LogP contribution is -2.36. The summed E-state index contributed by atoms with van der Waals surface area (Å²) in [6, 6.07) is 15.8. The molecule has 3 heterocycles. The summed E-state index contributed by atoms with van der Waals surface area (Å²) in [4.78, 5) is 35.0. The number of Topliss-reactive ketones (excluding diaryl/α,β-unsaturated/α-hetero) is 1.